The molecular weight excluding hydrogens is 208 g/mol. The Kier molecular flexibility index (Phi) is 4.87. The molecule has 2 N–H and O–H groups in total. The van der Waals surface area contributed by atoms with Crippen LogP contribution < -0.4 is 5.73 Å². The highest BCUT2D eigenvalue weighted by Crippen LogP contribution is 2.29. The SMILES string of the molecule is CN(CCC1(N)CCCCC1)C1CCCCC1. The highest BCUT2D eigenvalue weighted by Gasteiger charge is 2.28. The van der Waals surface area contributed by atoms with Crippen molar-refractivity contribution >= 4 is 0 Å². The normalized spacial score (nSPS) is 26.3. The number of nitrogens with zero attached hydrogens (tertiary/aromatic N) is 1. The molecule has 0 aliphatic heterocycles. The molecular formula is C15H30N2. The fourth-order valence-corrected chi connectivity index (χ4v) is 3.61. The van der Waals surface area contributed by atoms with Crippen molar-refractivity contribution in [2.75, 3.05) is 13.6 Å². The van der Waals surface area contributed by atoms with Gasteiger partial charge in [0.1, 0.15) is 0 Å². The molecule has 100 valence electrons. The topological polar surface area (TPSA) is 29.3 Å². The van der Waals surface area contributed by atoms with Crippen molar-refractivity contribution in [1.82, 2.24) is 4.90 Å². The van der Waals surface area contributed by atoms with Crippen molar-refractivity contribution in [2.45, 2.75) is 82.2 Å². The molecule has 0 aromatic rings. The molecule has 0 aromatic carbocycles. The number of rotatable bonds is 4. The van der Waals surface area contributed by atoms with Gasteiger partial charge in [-0.3, -0.25) is 0 Å². The van der Waals surface area contributed by atoms with E-state index in [0.29, 0.717) is 0 Å². The monoisotopic (exact) mass is 238 g/mol. The Hall–Kier alpha value is -0.0800. The van der Waals surface area contributed by atoms with E-state index in [1.165, 1.54) is 77.2 Å². The van der Waals surface area contributed by atoms with Crippen molar-refractivity contribution < 1.29 is 0 Å². The minimum Gasteiger partial charge on any atom is -0.325 e. The Morgan fingerprint density at radius 2 is 1.59 bits per heavy atom. The number of hydrogen-bond donors (Lipinski definition) is 1. The summed E-state index contributed by atoms with van der Waals surface area (Å²) in [4.78, 5) is 2.59. The molecule has 0 heterocycles. The fraction of sp³-hybridized carbons (Fsp3) is 1.00. The van der Waals surface area contributed by atoms with Crippen LogP contribution in [0.1, 0.15) is 70.6 Å². The van der Waals surface area contributed by atoms with E-state index in [2.05, 4.69) is 11.9 Å². The highest BCUT2D eigenvalue weighted by molar-refractivity contribution is 4.88. The lowest BCUT2D eigenvalue weighted by atomic mass is 9.80. The molecule has 17 heavy (non-hydrogen) atoms. The molecule has 0 bridgehead atoms. The molecule has 0 saturated heterocycles. The van der Waals surface area contributed by atoms with Crippen LogP contribution in [0, 0.1) is 0 Å². The first kappa shape index (κ1) is 13.4. The van der Waals surface area contributed by atoms with E-state index in [9.17, 15) is 0 Å². The lowest BCUT2D eigenvalue weighted by molar-refractivity contribution is 0.162. The maximum atomic E-state index is 6.51. The molecule has 2 heteroatoms. The molecule has 0 atom stereocenters. The van der Waals surface area contributed by atoms with Crippen molar-refractivity contribution in [3.63, 3.8) is 0 Å². The van der Waals surface area contributed by atoms with Gasteiger partial charge in [0.2, 0.25) is 0 Å². The van der Waals surface area contributed by atoms with E-state index in [1.54, 1.807) is 0 Å². The van der Waals surface area contributed by atoms with Crippen LogP contribution in [0.3, 0.4) is 0 Å². The lowest BCUT2D eigenvalue weighted by Gasteiger charge is -2.37. The minimum absolute atomic E-state index is 0.168. The molecule has 2 rings (SSSR count). The summed E-state index contributed by atoms with van der Waals surface area (Å²) in [5.41, 5.74) is 6.68. The van der Waals surface area contributed by atoms with E-state index >= 15 is 0 Å². The summed E-state index contributed by atoms with van der Waals surface area (Å²) in [5.74, 6) is 0. The third-order valence-electron chi connectivity index (χ3n) is 5.01. The standard InChI is InChI=1S/C15H30N2/c1-17(14-8-4-2-5-9-14)13-12-15(16)10-6-3-7-11-15/h14H,2-13,16H2,1H3. The number of hydrogen-bond acceptors (Lipinski definition) is 2. The molecule has 0 spiro atoms. The van der Waals surface area contributed by atoms with E-state index in [-0.39, 0.29) is 5.54 Å². The lowest BCUT2D eigenvalue weighted by Crippen LogP contribution is -2.45. The summed E-state index contributed by atoms with van der Waals surface area (Å²) >= 11 is 0. The van der Waals surface area contributed by atoms with Crippen molar-refractivity contribution in [3.05, 3.63) is 0 Å². The quantitative estimate of drug-likeness (QED) is 0.814. The fourth-order valence-electron chi connectivity index (χ4n) is 3.61. The second-order valence-corrected chi connectivity index (χ2v) is 6.45. The largest absolute Gasteiger partial charge is 0.325 e. The van der Waals surface area contributed by atoms with Crippen LogP contribution in [-0.4, -0.2) is 30.1 Å². The second-order valence-electron chi connectivity index (χ2n) is 6.45. The Bertz CT molecular complexity index is 215. The van der Waals surface area contributed by atoms with Crippen LogP contribution in [0.25, 0.3) is 0 Å². The van der Waals surface area contributed by atoms with Crippen LogP contribution in [-0.2, 0) is 0 Å². The zero-order valence-corrected chi connectivity index (χ0v) is 11.6. The van der Waals surface area contributed by atoms with Crippen LogP contribution in [0.4, 0.5) is 0 Å². The zero-order valence-electron chi connectivity index (χ0n) is 11.6. The average molecular weight is 238 g/mol. The molecule has 2 fully saturated rings. The van der Waals surface area contributed by atoms with E-state index < -0.39 is 0 Å². The van der Waals surface area contributed by atoms with Gasteiger partial charge in [-0.2, -0.15) is 0 Å². The van der Waals surface area contributed by atoms with Crippen molar-refractivity contribution in [1.29, 1.82) is 0 Å². The molecule has 2 saturated carbocycles. The van der Waals surface area contributed by atoms with Gasteiger partial charge in [-0.25, -0.2) is 0 Å². The zero-order chi connectivity index (χ0) is 12.1. The van der Waals surface area contributed by atoms with Crippen LogP contribution >= 0.6 is 0 Å². The Morgan fingerprint density at radius 3 is 2.24 bits per heavy atom. The smallest absolute Gasteiger partial charge is 0.0166 e. The molecule has 0 aromatic heterocycles. The summed E-state index contributed by atoms with van der Waals surface area (Å²) in [7, 11) is 2.31. The molecule has 2 aliphatic carbocycles. The summed E-state index contributed by atoms with van der Waals surface area (Å²) in [5, 5.41) is 0. The number of nitrogens with two attached hydrogens (primary N) is 1. The van der Waals surface area contributed by atoms with Gasteiger partial charge >= 0.3 is 0 Å². The Morgan fingerprint density at radius 1 is 1.00 bits per heavy atom. The predicted octanol–water partition coefficient (Wildman–Crippen LogP) is 3.30. The van der Waals surface area contributed by atoms with Gasteiger partial charge in [0, 0.05) is 11.6 Å². The van der Waals surface area contributed by atoms with Crippen LogP contribution in [0.2, 0.25) is 0 Å². The average Bonchev–Trinajstić information content (AvgIpc) is 2.38. The molecule has 0 unspecified atom stereocenters. The van der Waals surface area contributed by atoms with Crippen molar-refractivity contribution in [3.8, 4) is 0 Å². The summed E-state index contributed by atoms with van der Waals surface area (Å²) in [6.45, 7) is 1.21. The van der Waals surface area contributed by atoms with Gasteiger partial charge in [0.15, 0.2) is 0 Å². The maximum Gasteiger partial charge on any atom is 0.0166 e. The first-order chi connectivity index (χ1) is 8.20. The maximum absolute atomic E-state index is 6.51. The predicted molar refractivity (Wildman–Crippen MR) is 74.1 cm³/mol. The first-order valence-corrected chi connectivity index (χ1v) is 7.69. The summed E-state index contributed by atoms with van der Waals surface area (Å²) in [6, 6.07) is 0.843. The Balaban J connectivity index is 1.72. The molecule has 0 radical (unpaired) electrons. The highest BCUT2D eigenvalue weighted by atomic mass is 15.1. The van der Waals surface area contributed by atoms with Gasteiger partial charge in [-0.15, -0.1) is 0 Å². The van der Waals surface area contributed by atoms with E-state index in [1.807, 2.05) is 0 Å². The molecule has 0 amide bonds. The van der Waals surface area contributed by atoms with E-state index in [4.69, 9.17) is 5.73 Å². The van der Waals surface area contributed by atoms with Crippen LogP contribution in [0.5, 0.6) is 0 Å². The van der Waals surface area contributed by atoms with Crippen molar-refractivity contribution in [2.24, 2.45) is 5.73 Å². The van der Waals surface area contributed by atoms with Crippen LogP contribution in [0.15, 0.2) is 0 Å². The van der Waals surface area contributed by atoms with E-state index in [0.717, 1.165) is 6.04 Å². The third-order valence-corrected chi connectivity index (χ3v) is 5.01. The molecule has 2 nitrogen and oxygen atoms in total. The second kappa shape index (κ2) is 6.19. The molecule has 2 aliphatic rings. The van der Waals surface area contributed by atoms with Gasteiger partial charge in [0.05, 0.1) is 0 Å². The Labute approximate surface area is 107 Å². The van der Waals surface area contributed by atoms with Gasteiger partial charge in [-0.1, -0.05) is 38.5 Å². The summed E-state index contributed by atoms with van der Waals surface area (Å²) < 4.78 is 0. The van der Waals surface area contributed by atoms with Gasteiger partial charge in [-0.05, 0) is 45.7 Å². The minimum atomic E-state index is 0.168. The third kappa shape index (κ3) is 3.96. The van der Waals surface area contributed by atoms with Gasteiger partial charge < -0.3 is 10.6 Å². The summed E-state index contributed by atoms with van der Waals surface area (Å²) in [6.07, 6.45) is 15.0. The first-order valence-electron chi connectivity index (χ1n) is 7.69. The van der Waals surface area contributed by atoms with Gasteiger partial charge in [0.25, 0.3) is 0 Å².